The number of nitrogens with zero attached hydrogens (tertiary/aromatic N) is 2. The lowest BCUT2D eigenvalue weighted by Gasteiger charge is -2.02. The van der Waals surface area contributed by atoms with Crippen LogP contribution in [0.4, 0.5) is 0 Å². The Balaban J connectivity index is 2.15. The maximum Gasteiger partial charge on any atom is 0.282 e. The number of hydrogen-bond acceptors (Lipinski definition) is 3. The molecule has 5 heteroatoms. The molecule has 3 rings (SSSR count). The van der Waals surface area contributed by atoms with E-state index in [1.807, 2.05) is 48.5 Å². The summed E-state index contributed by atoms with van der Waals surface area (Å²) in [4.78, 5) is 15.3. The van der Waals surface area contributed by atoms with Gasteiger partial charge in [0.15, 0.2) is 0 Å². The predicted octanol–water partition coefficient (Wildman–Crippen LogP) is 2.94. The maximum absolute atomic E-state index is 12.3. The average molecular weight is 281 g/mol. The number of benzene rings is 2. The molecule has 98 valence electrons. The topological polar surface area (TPSA) is 50.1 Å². The molecule has 0 unspecified atom stereocenters. The second-order valence-electron chi connectivity index (χ2n) is 4.25. The highest BCUT2D eigenvalue weighted by Gasteiger charge is 2.03. The third-order valence-electron chi connectivity index (χ3n) is 2.91. The van der Waals surface area contributed by atoms with Gasteiger partial charge in [0.25, 0.3) is 5.56 Å². The van der Waals surface area contributed by atoms with Crippen LogP contribution in [0.5, 0.6) is 0 Å². The lowest BCUT2D eigenvalue weighted by atomic mass is 10.2. The highest BCUT2D eigenvalue weighted by Crippen LogP contribution is 2.05. The van der Waals surface area contributed by atoms with Gasteiger partial charge in [0.05, 0.1) is 17.1 Å². The molecule has 2 aromatic carbocycles. The van der Waals surface area contributed by atoms with Crippen LogP contribution in [0.1, 0.15) is 5.56 Å². The summed E-state index contributed by atoms with van der Waals surface area (Å²) in [5.41, 5.74) is 1.40. The molecule has 1 aromatic heterocycles. The van der Waals surface area contributed by atoms with E-state index in [2.05, 4.69) is 10.1 Å². The molecule has 0 bridgehead atoms. The second-order valence-corrected chi connectivity index (χ2v) is 4.63. The zero-order valence-electron chi connectivity index (χ0n) is 10.5. The van der Waals surface area contributed by atoms with Crippen LogP contribution in [0.2, 0.25) is 0 Å². The van der Waals surface area contributed by atoms with E-state index in [-0.39, 0.29) is 10.3 Å². The molecule has 0 saturated carbocycles. The molecule has 0 aliphatic carbocycles. The van der Waals surface area contributed by atoms with Gasteiger partial charge in [-0.3, -0.25) is 4.79 Å². The van der Waals surface area contributed by atoms with Gasteiger partial charge in [0, 0.05) is 0 Å². The highest BCUT2D eigenvalue weighted by molar-refractivity contribution is 7.71. The molecule has 0 aliphatic heterocycles. The van der Waals surface area contributed by atoms with E-state index in [0.717, 1.165) is 5.56 Å². The van der Waals surface area contributed by atoms with Crippen molar-refractivity contribution in [2.24, 2.45) is 5.10 Å². The van der Waals surface area contributed by atoms with Crippen LogP contribution < -0.4 is 5.56 Å². The average Bonchev–Trinajstić information content (AvgIpc) is 2.48. The zero-order chi connectivity index (χ0) is 13.9. The molecular formula is C15H11N3OS. The maximum atomic E-state index is 12.3. The number of hydrogen-bond donors (Lipinski definition) is 1. The molecule has 0 spiro atoms. The van der Waals surface area contributed by atoms with Crippen LogP contribution >= 0.6 is 12.2 Å². The lowest BCUT2D eigenvalue weighted by Crippen LogP contribution is -2.18. The SMILES string of the molecule is O=c1c2ccccc2[nH]c(=S)n1N=Cc1ccccc1. The molecule has 0 aliphatic rings. The number of nitrogens with one attached hydrogen (secondary N) is 1. The summed E-state index contributed by atoms with van der Waals surface area (Å²) in [6.45, 7) is 0. The molecule has 0 amide bonds. The van der Waals surface area contributed by atoms with Crippen molar-refractivity contribution in [1.82, 2.24) is 9.66 Å². The summed E-state index contributed by atoms with van der Waals surface area (Å²) in [5, 5.41) is 4.73. The van der Waals surface area contributed by atoms with E-state index in [0.29, 0.717) is 10.9 Å². The summed E-state index contributed by atoms with van der Waals surface area (Å²) < 4.78 is 1.48. The molecule has 0 radical (unpaired) electrons. The van der Waals surface area contributed by atoms with Gasteiger partial charge in [-0.25, -0.2) is 0 Å². The molecule has 1 N–H and O–H groups in total. The van der Waals surface area contributed by atoms with Crippen molar-refractivity contribution in [3.05, 3.63) is 75.3 Å². The summed E-state index contributed by atoms with van der Waals surface area (Å²) in [6.07, 6.45) is 1.61. The van der Waals surface area contributed by atoms with Crippen molar-refractivity contribution in [2.45, 2.75) is 0 Å². The number of para-hydroxylation sites is 1. The van der Waals surface area contributed by atoms with Gasteiger partial charge in [-0.15, -0.1) is 0 Å². The van der Waals surface area contributed by atoms with Gasteiger partial charge in [-0.2, -0.15) is 9.78 Å². The summed E-state index contributed by atoms with van der Waals surface area (Å²) >= 11 is 5.18. The second kappa shape index (κ2) is 5.22. The summed E-state index contributed by atoms with van der Waals surface area (Å²) in [6, 6.07) is 16.8. The molecule has 4 nitrogen and oxygen atoms in total. The van der Waals surface area contributed by atoms with Gasteiger partial charge >= 0.3 is 0 Å². The summed E-state index contributed by atoms with van der Waals surface area (Å²) in [5.74, 6) is 0. The van der Waals surface area contributed by atoms with Crippen LogP contribution in [0.25, 0.3) is 10.9 Å². The minimum Gasteiger partial charge on any atom is -0.330 e. The fraction of sp³-hybridized carbons (Fsp3) is 0. The highest BCUT2D eigenvalue weighted by atomic mass is 32.1. The number of H-pyrrole nitrogens is 1. The van der Waals surface area contributed by atoms with Crippen LogP contribution in [-0.2, 0) is 0 Å². The molecule has 3 aromatic rings. The fourth-order valence-electron chi connectivity index (χ4n) is 1.92. The van der Waals surface area contributed by atoms with E-state index in [9.17, 15) is 4.79 Å². The molecule has 20 heavy (non-hydrogen) atoms. The Morgan fingerprint density at radius 3 is 2.55 bits per heavy atom. The lowest BCUT2D eigenvalue weighted by molar-refractivity contribution is 0.800. The van der Waals surface area contributed by atoms with E-state index < -0.39 is 0 Å². The number of aromatic nitrogens is 2. The van der Waals surface area contributed by atoms with Crippen molar-refractivity contribution >= 4 is 29.3 Å². The molecule has 0 fully saturated rings. The van der Waals surface area contributed by atoms with Gasteiger partial charge in [0.1, 0.15) is 0 Å². The van der Waals surface area contributed by atoms with Crippen molar-refractivity contribution in [3.63, 3.8) is 0 Å². The minimum atomic E-state index is -0.225. The molecular weight excluding hydrogens is 270 g/mol. The monoisotopic (exact) mass is 281 g/mol. The number of aromatic amines is 1. The van der Waals surface area contributed by atoms with Crippen LogP contribution in [0, 0.1) is 4.77 Å². The van der Waals surface area contributed by atoms with Crippen molar-refractivity contribution in [3.8, 4) is 0 Å². The Morgan fingerprint density at radius 2 is 1.75 bits per heavy atom. The first-order chi connectivity index (χ1) is 9.75. The Kier molecular flexibility index (Phi) is 3.26. The Hall–Kier alpha value is -2.53. The predicted molar refractivity (Wildman–Crippen MR) is 82.8 cm³/mol. The summed E-state index contributed by atoms with van der Waals surface area (Å²) in [7, 11) is 0. The van der Waals surface area contributed by atoms with E-state index in [4.69, 9.17) is 12.2 Å². The van der Waals surface area contributed by atoms with Crippen LogP contribution in [-0.4, -0.2) is 15.9 Å². The molecule has 0 atom stereocenters. The Morgan fingerprint density at radius 1 is 1.05 bits per heavy atom. The van der Waals surface area contributed by atoms with E-state index in [1.165, 1.54) is 4.68 Å². The van der Waals surface area contributed by atoms with E-state index in [1.54, 1.807) is 12.3 Å². The van der Waals surface area contributed by atoms with Crippen molar-refractivity contribution in [1.29, 1.82) is 0 Å². The van der Waals surface area contributed by atoms with E-state index >= 15 is 0 Å². The first kappa shape index (κ1) is 12.5. The third kappa shape index (κ3) is 2.31. The van der Waals surface area contributed by atoms with Gasteiger partial charge < -0.3 is 4.98 Å². The quantitative estimate of drug-likeness (QED) is 0.580. The first-order valence-corrected chi connectivity index (χ1v) is 6.50. The van der Waals surface area contributed by atoms with Crippen molar-refractivity contribution in [2.75, 3.05) is 0 Å². The van der Waals surface area contributed by atoms with Gasteiger partial charge in [-0.05, 0) is 29.9 Å². The Labute approximate surface area is 120 Å². The van der Waals surface area contributed by atoms with Gasteiger partial charge in [-0.1, -0.05) is 42.5 Å². The first-order valence-electron chi connectivity index (χ1n) is 6.09. The number of fused-ring (bicyclic) bond motifs is 1. The van der Waals surface area contributed by atoms with Gasteiger partial charge in [0.2, 0.25) is 4.77 Å². The molecule has 0 saturated heterocycles. The third-order valence-corrected chi connectivity index (χ3v) is 3.18. The standard InChI is InChI=1S/C15H11N3OS/c19-14-12-8-4-5-9-13(12)17-15(20)18(14)16-10-11-6-2-1-3-7-11/h1-10H,(H,17,20). The fourth-order valence-corrected chi connectivity index (χ4v) is 2.16. The molecule has 1 heterocycles. The minimum absolute atomic E-state index is 0.225. The van der Waals surface area contributed by atoms with Crippen LogP contribution in [0.3, 0.4) is 0 Å². The normalized spacial score (nSPS) is 11.2. The van der Waals surface area contributed by atoms with Crippen LogP contribution in [0.15, 0.2) is 64.5 Å². The largest absolute Gasteiger partial charge is 0.330 e. The smallest absolute Gasteiger partial charge is 0.282 e. The number of rotatable bonds is 2. The Bertz CT molecular complexity index is 894. The van der Waals surface area contributed by atoms with Crippen molar-refractivity contribution < 1.29 is 0 Å². The zero-order valence-corrected chi connectivity index (χ0v) is 11.3.